The van der Waals surface area contributed by atoms with Crippen molar-refractivity contribution in [1.82, 2.24) is 4.98 Å². The number of benzene rings is 1. The predicted molar refractivity (Wildman–Crippen MR) is 60.6 cm³/mol. The van der Waals surface area contributed by atoms with Gasteiger partial charge in [0.15, 0.2) is 0 Å². The number of hydrogen-bond acceptors (Lipinski definition) is 2. The van der Waals surface area contributed by atoms with Crippen molar-refractivity contribution in [1.29, 1.82) is 0 Å². The van der Waals surface area contributed by atoms with Crippen molar-refractivity contribution in [2.75, 3.05) is 0 Å². The third kappa shape index (κ3) is 1.46. The van der Waals surface area contributed by atoms with Gasteiger partial charge in [0.25, 0.3) is 5.56 Å². The van der Waals surface area contributed by atoms with Gasteiger partial charge in [0, 0.05) is 5.39 Å². The predicted octanol–water partition coefficient (Wildman–Crippen LogP) is 2.59. The van der Waals surface area contributed by atoms with E-state index in [4.69, 9.17) is 11.6 Å². The van der Waals surface area contributed by atoms with Crippen LogP contribution < -0.4 is 5.56 Å². The lowest BCUT2D eigenvalue weighted by molar-refractivity contribution is 0.473. The molecule has 0 radical (unpaired) electrons. The highest BCUT2D eigenvalue weighted by Gasteiger charge is 2.14. The molecule has 0 amide bonds. The molecule has 2 rings (SSSR count). The Bertz CT molecular complexity index is 621. The number of H-pyrrole nitrogens is 1. The zero-order chi connectivity index (χ0) is 11.9. The van der Waals surface area contributed by atoms with Crippen LogP contribution in [0.15, 0.2) is 16.9 Å². The number of aromatic amines is 1. The van der Waals surface area contributed by atoms with E-state index in [1.165, 1.54) is 6.07 Å². The van der Waals surface area contributed by atoms with Gasteiger partial charge in [-0.15, -0.1) is 0 Å². The smallest absolute Gasteiger partial charge is 0.255 e. The fourth-order valence-corrected chi connectivity index (χ4v) is 1.87. The normalized spacial score (nSPS) is 10.9. The van der Waals surface area contributed by atoms with Gasteiger partial charge in [0.2, 0.25) is 0 Å². The lowest BCUT2D eigenvalue weighted by Crippen LogP contribution is -2.12. The van der Waals surface area contributed by atoms with Gasteiger partial charge in [-0.05, 0) is 18.6 Å². The molecule has 0 aliphatic heterocycles. The molecular weight excluding hydrogens is 233 g/mol. The minimum atomic E-state index is -0.631. The summed E-state index contributed by atoms with van der Waals surface area (Å²) >= 11 is 5.71. The summed E-state index contributed by atoms with van der Waals surface area (Å²) in [5.41, 5.74) is -0.0449. The van der Waals surface area contributed by atoms with Crippen molar-refractivity contribution in [3.05, 3.63) is 38.9 Å². The molecule has 16 heavy (non-hydrogen) atoms. The van der Waals surface area contributed by atoms with Crippen LogP contribution in [0.3, 0.4) is 0 Å². The summed E-state index contributed by atoms with van der Waals surface area (Å²) in [6, 6.07) is 2.54. The van der Waals surface area contributed by atoms with Crippen molar-refractivity contribution in [3.63, 3.8) is 0 Å². The lowest BCUT2D eigenvalue weighted by atomic mass is 10.1. The molecule has 0 spiro atoms. The number of aromatic hydroxyl groups is 1. The summed E-state index contributed by atoms with van der Waals surface area (Å²) in [6.45, 7) is 1.75. The van der Waals surface area contributed by atoms with Gasteiger partial charge in [0.1, 0.15) is 16.6 Å². The summed E-state index contributed by atoms with van der Waals surface area (Å²) in [6.07, 6.45) is 0.395. The topological polar surface area (TPSA) is 53.1 Å². The van der Waals surface area contributed by atoms with E-state index in [0.717, 1.165) is 6.07 Å². The lowest BCUT2D eigenvalue weighted by Gasteiger charge is -2.07. The van der Waals surface area contributed by atoms with E-state index < -0.39 is 11.4 Å². The van der Waals surface area contributed by atoms with Crippen LogP contribution >= 0.6 is 11.6 Å². The van der Waals surface area contributed by atoms with Gasteiger partial charge in [-0.1, -0.05) is 18.5 Å². The molecule has 0 atom stereocenters. The molecule has 1 aromatic heterocycles. The molecule has 0 saturated heterocycles. The minimum absolute atomic E-state index is 0.126. The number of nitrogens with one attached hydrogen (secondary N) is 1. The average molecular weight is 242 g/mol. The first-order chi connectivity index (χ1) is 7.56. The van der Waals surface area contributed by atoms with Crippen LogP contribution in [0, 0.1) is 5.82 Å². The van der Waals surface area contributed by atoms with E-state index in [-0.39, 0.29) is 21.9 Å². The number of hydrogen-bond donors (Lipinski definition) is 2. The highest BCUT2D eigenvalue weighted by atomic mass is 35.5. The van der Waals surface area contributed by atoms with Gasteiger partial charge in [-0.25, -0.2) is 4.39 Å². The number of halogens is 2. The van der Waals surface area contributed by atoms with Crippen molar-refractivity contribution in [2.45, 2.75) is 13.3 Å². The summed E-state index contributed by atoms with van der Waals surface area (Å²) in [4.78, 5) is 14.0. The zero-order valence-electron chi connectivity index (χ0n) is 8.47. The Morgan fingerprint density at radius 3 is 2.81 bits per heavy atom. The molecule has 84 valence electrons. The molecule has 5 heteroatoms. The maximum Gasteiger partial charge on any atom is 0.255 e. The average Bonchev–Trinajstić information content (AvgIpc) is 2.25. The van der Waals surface area contributed by atoms with E-state index in [0.29, 0.717) is 11.8 Å². The van der Waals surface area contributed by atoms with Gasteiger partial charge in [-0.3, -0.25) is 4.79 Å². The number of rotatable bonds is 1. The van der Waals surface area contributed by atoms with E-state index in [1.54, 1.807) is 6.92 Å². The molecule has 2 aromatic rings. The van der Waals surface area contributed by atoms with Crippen molar-refractivity contribution < 1.29 is 9.50 Å². The molecule has 0 aliphatic carbocycles. The summed E-state index contributed by atoms with van der Waals surface area (Å²) in [7, 11) is 0. The molecule has 3 nitrogen and oxygen atoms in total. The largest absolute Gasteiger partial charge is 0.507 e. The highest BCUT2D eigenvalue weighted by Crippen LogP contribution is 2.30. The maximum atomic E-state index is 13.2. The van der Waals surface area contributed by atoms with E-state index >= 15 is 0 Å². The van der Waals surface area contributed by atoms with E-state index in [9.17, 15) is 14.3 Å². The molecule has 0 fully saturated rings. The fraction of sp³-hybridized carbons (Fsp3) is 0.182. The van der Waals surface area contributed by atoms with Gasteiger partial charge in [-0.2, -0.15) is 0 Å². The molecule has 1 heterocycles. The Hall–Kier alpha value is -1.55. The monoisotopic (exact) mass is 241 g/mol. The molecule has 0 aliphatic rings. The molecule has 1 aromatic carbocycles. The number of pyridine rings is 1. The van der Waals surface area contributed by atoms with Crippen LogP contribution in [0.2, 0.25) is 5.02 Å². The first kappa shape index (κ1) is 11.0. The maximum absolute atomic E-state index is 13.2. The summed E-state index contributed by atoms with van der Waals surface area (Å²) < 4.78 is 13.2. The molecule has 2 N–H and O–H groups in total. The Morgan fingerprint density at radius 2 is 2.19 bits per heavy atom. The third-order valence-corrected chi connectivity index (χ3v) is 2.87. The van der Waals surface area contributed by atoms with Crippen LogP contribution in [0.4, 0.5) is 4.39 Å². The van der Waals surface area contributed by atoms with Gasteiger partial charge in [0.05, 0.1) is 11.1 Å². The van der Waals surface area contributed by atoms with Gasteiger partial charge >= 0.3 is 0 Å². The highest BCUT2D eigenvalue weighted by molar-refractivity contribution is 6.35. The van der Waals surface area contributed by atoms with Crippen molar-refractivity contribution >= 4 is 22.5 Å². The van der Waals surface area contributed by atoms with Crippen LogP contribution in [-0.2, 0) is 6.42 Å². The van der Waals surface area contributed by atoms with Crippen LogP contribution in [-0.4, -0.2) is 10.1 Å². The molecule has 0 saturated carbocycles. The zero-order valence-corrected chi connectivity index (χ0v) is 9.23. The molecule has 0 unspecified atom stereocenters. The van der Waals surface area contributed by atoms with Crippen LogP contribution in [0.1, 0.15) is 12.5 Å². The first-order valence-electron chi connectivity index (χ1n) is 4.78. The second kappa shape index (κ2) is 3.79. The summed E-state index contributed by atoms with van der Waals surface area (Å²) in [5.74, 6) is -0.767. The van der Waals surface area contributed by atoms with Crippen LogP contribution in [0.5, 0.6) is 5.75 Å². The third-order valence-electron chi connectivity index (χ3n) is 2.50. The Morgan fingerprint density at radius 1 is 1.50 bits per heavy atom. The van der Waals surface area contributed by atoms with Crippen LogP contribution in [0.25, 0.3) is 10.9 Å². The van der Waals surface area contributed by atoms with Crippen molar-refractivity contribution in [2.24, 2.45) is 0 Å². The number of fused-ring (bicyclic) bond motifs is 1. The molecule has 0 bridgehead atoms. The van der Waals surface area contributed by atoms with E-state index in [1.807, 2.05) is 0 Å². The first-order valence-corrected chi connectivity index (χ1v) is 5.16. The van der Waals surface area contributed by atoms with Gasteiger partial charge < -0.3 is 10.1 Å². The Kier molecular flexibility index (Phi) is 2.59. The molecular formula is C11H9ClFNO2. The Labute approximate surface area is 95.5 Å². The standard InChI is InChI=1S/C11H9ClFNO2/c1-2-5-10(15)6-3-4-7(13)8(12)9(6)14-11(5)16/h3-4H,2H2,1H3,(H2,14,15,16). The van der Waals surface area contributed by atoms with E-state index in [2.05, 4.69) is 4.98 Å². The second-order valence-electron chi connectivity index (χ2n) is 3.42. The van der Waals surface area contributed by atoms with Crippen molar-refractivity contribution in [3.8, 4) is 5.75 Å². The fourth-order valence-electron chi connectivity index (χ4n) is 1.66. The summed E-state index contributed by atoms with van der Waals surface area (Å²) in [5, 5.41) is 10.0. The Balaban J connectivity index is 2.98. The SMILES string of the molecule is CCc1c(O)c2ccc(F)c(Cl)c2[nH]c1=O. The minimum Gasteiger partial charge on any atom is -0.507 e. The second-order valence-corrected chi connectivity index (χ2v) is 3.80. The number of aromatic nitrogens is 1. The quantitative estimate of drug-likeness (QED) is 0.806.